The summed E-state index contributed by atoms with van der Waals surface area (Å²) >= 11 is 11.9. The number of anilines is 3. The van der Waals surface area contributed by atoms with E-state index in [1.165, 1.54) is 23.2 Å². The molecule has 142 valence electrons. The molecule has 1 saturated heterocycles. The highest BCUT2D eigenvalue weighted by molar-refractivity contribution is 6.35. The van der Waals surface area contributed by atoms with Crippen LogP contribution in [0.2, 0.25) is 10.0 Å². The molecule has 2 heterocycles. The van der Waals surface area contributed by atoms with Crippen molar-refractivity contribution in [2.24, 2.45) is 0 Å². The monoisotopic (exact) mass is 411 g/mol. The van der Waals surface area contributed by atoms with Crippen LogP contribution in [0.1, 0.15) is 0 Å². The molecule has 2 N–H and O–H groups in total. The van der Waals surface area contributed by atoms with Gasteiger partial charge in [-0.3, -0.25) is 15.0 Å². The lowest BCUT2D eigenvalue weighted by atomic mass is 10.2. The van der Waals surface area contributed by atoms with Gasteiger partial charge in [-0.2, -0.15) is 0 Å². The third-order valence-corrected chi connectivity index (χ3v) is 4.28. The van der Waals surface area contributed by atoms with Gasteiger partial charge in [-0.15, -0.1) is 0 Å². The van der Waals surface area contributed by atoms with Gasteiger partial charge in [-0.1, -0.05) is 23.2 Å². The van der Waals surface area contributed by atoms with Gasteiger partial charge in [0, 0.05) is 31.4 Å². The van der Waals surface area contributed by atoms with Crippen molar-refractivity contribution in [1.29, 1.82) is 0 Å². The van der Waals surface area contributed by atoms with Gasteiger partial charge in [0.1, 0.15) is 12.4 Å². The second-order valence-electron chi connectivity index (χ2n) is 5.56. The van der Waals surface area contributed by atoms with E-state index in [2.05, 4.69) is 15.6 Å². The van der Waals surface area contributed by atoms with E-state index >= 15 is 0 Å². The molecule has 1 fully saturated rings. The van der Waals surface area contributed by atoms with Crippen LogP contribution in [0.15, 0.2) is 30.5 Å². The molecule has 0 spiro atoms. The largest absolute Gasteiger partial charge is 0.447 e. The molecule has 11 heteroatoms. The molecule has 9 nitrogen and oxygen atoms in total. The molecule has 1 aliphatic rings. The summed E-state index contributed by atoms with van der Waals surface area (Å²) in [7, 11) is 0. The van der Waals surface area contributed by atoms with Crippen molar-refractivity contribution in [2.75, 3.05) is 41.8 Å². The topological polar surface area (TPSA) is 110 Å². The van der Waals surface area contributed by atoms with Gasteiger partial charge < -0.3 is 15.4 Å². The number of halogens is 2. The Kier molecular flexibility index (Phi) is 5.82. The van der Waals surface area contributed by atoms with Gasteiger partial charge in [-0.05, 0) is 12.1 Å². The maximum atomic E-state index is 11.8. The smallest absolute Gasteiger partial charge is 0.414 e. The standard InChI is InChI=1S/C16H15Cl2N5O4/c17-10-7-12(18)15(21-9-10)20-4-3-19-13-2-1-11(23(25)26)8-14(13)22-5-6-27-16(22)24/h1-2,7-9,19H,3-6H2,(H,20,21). The second-order valence-corrected chi connectivity index (χ2v) is 6.41. The molecule has 0 bridgehead atoms. The van der Waals surface area contributed by atoms with E-state index in [4.69, 9.17) is 27.9 Å². The number of nitrogens with zero attached hydrogens (tertiary/aromatic N) is 3. The molecule has 0 radical (unpaired) electrons. The van der Waals surface area contributed by atoms with Crippen molar-refractivity contribution in [3.63, 3.8) is 0 Å². The van der Waals surface area contributed by atoms with E-state index in [0.29, 0.717) is 46.9 Å². The van der Waals surface area contributed by atoms with E-state index in [1.807, 2.05) is 0 Å². The first-order valence-corrected chi connectivity index (χ1v) is 8.73. The molecule has 2 aromatic rings. The van der Waals surface area contributed by atoms with E-state index in [0.717, 1.165) is 0 Å². The summed E-state index contributed by atoms with van der Waals surface area (Å²) in [5.74, 6) is 0.495. The number of nitro benzene ring substituents is 1. The van der Waals surface area contributed by atoms with E-state index in [-0.39, 0.29) is 12.3 Å². The summed E-state index contributed by atoms with van der Waals surface area (Å²) in [5.41, 5.74) is 0.872. The zero-order chi connectivity index (χ0) is 19.4. The molecule has 3 rings (SSSR count). The minimum Gasteiger partial charge on any atom is -0.447 e. The fraction of sp³-hybridized carbons (Fsp3) is 0.250. The number of non-ortho nitro benzene ring substituents is 1. The Morgan fingerprint density at radius 1 is 1.26 bits per heavy atom. The highest BCUT2D eigenvalue weighted by Crippen LogP contribution is 2.32. The Morgan fingerprint density at radius 2 is 2.04 bits per heavy atom. The number of carbonyl (C=O) groups is 1. The number of ether oxygens (including phenoxy) is 1. The maximum Gasteiger partial charge on any atom is 0.414 e. The number of amides is 1. The Labute approximate surface area is 164 Å². The van der Waals surface area contributed by atoms with Gasteiger partial charge in [0.15, 0.2) is 0 Å². The lowest BCUT2D eigenvalue weighted by Gasteiger charge is -2.18. The molecule has 0 atom stereocenters. The van der Waals surface area contributed by atoms with Gasteiger partial charge in [0.2, 0.25) is 0 Å². The first-order chi connectivity index (χ1) is 13.0. The molecule has 0 aliphatic carbocycles. The molecule has 1 aromatic heterocycles. The number of hydrogen-bond donors (Lipinski definition) is 2. The third-order valence-electron chi connectivity index (χ3n) is 3.78. The zero-order valence-electron chi connectivity index (χ0n) is 13.9. The highest BCUT2D eigenvalue weighted by Gasteiger charge is 2.27. The average molecular weight is 412 g/mol. The van der Waals surface area contributed by atoms with Gasteiger partial charge >= 0.3 is 6.09 Å². The van der Waals surface area contributed by atoms with Crippen LogP contribution >= 0.6 is 23.2 Å². The summed E-state index contributed by atoms with van der Waals surface area (Å²) < 4.78 is 4.92. The van der Waals surface area contributed by atoms with Crippen molar-refractivity contribution < 1.29 is 14.5 Å². The van der Waals surface area contributed by atoms with Crippen molar-refractivity contribution in [3.8, 4) is 0 Å². The Hall–Kier alpha value is -2.78. The molecule has 1 aromatic carbocycles. The van der Waals surface area contributed by atoms with Gasteiger partial charge in [0.25, 0.3) is 5.69 Å². The van der Waals surface area contributed by atoms with Crippen LogP contribution < -0.4 is 15.5 Å². The Balaban J connectivity index is 1.68. The van der Waals surface area contributed by atoms with E-state index in [1.54, 1.807) is 12.1 Å². The second kappa shape index (κ2) is 8.28. The molecule has 0 unspecified atom stereocenters. The molecule has 27 heavy (non-hydrogen) atoms. The van der Waals surface area contributed by atoms with Crippen LogP contribution in [0.3, 0.4) is 0 Å². The predicted molar refractivity (Wildman–Crippen MR) is 103 cm³/mol. The zero-order valence-corrected chi connectivity index (χ0v) is 15.5. The number of pyridine rings is 1. The molecular weight excluding hydrogens is 397 g/mol. The number of nitrogens with one attached hydrogen (secondary N) is 2. The van der Waals surface area contributed by atoms with E-state index < -0.39 is 11.0 Å². The highest BCUT2D eigenvalue weighted by atomic mass is 35.5. The van der Waals surface area contributed by atoms with Crippen LogP contribution in [0.25, 0.3) is 0 Å². The third kappa shape index (κ3) is 4.50. The lowest BCUT2D eigenvalue weighted by molar-refractivity contribution is -0.384. The summed E-state index contributed by atoms with van der Waals surface area (Å²) in [4.78, 5) is 27.8. The molecule has 1 aliphatic heterocycles. The summed E-state index contributed by atoms with van der Waals surface area (Å²) in [6.07, 6.45) is 0.949. The van der Waals surface area contributed by atoms with Crippen molar-refractivity contribution in [3.05, 3.63) is 50.6 Å². The van der Waals surface area contributed by atoms with Crippen LogP contribution in [0.4, 0.5) is 27.7 Å². The summed E-state index contributed by atoms with van der Waals surface area (Å²) in [6.45, 7) is 1.49. The van der Waals surface area contributed by atoms with Crippen LogP contribution in [0.5, 0.6) is 0 Å². The number of cyclic esters (lactones) is 1. The first-order valence-electron chi connectivity index (χ1n) is 7.97. The minimum absolute atomic E-state index is 0.106. The summed E-state index contributed by atoms with van der Waals surface area (Å²) in [5, 5.41) is 18.1. The molecule has 1 amide bonds. The lowest BCUT2D eigenvalue weighted by Crippen LogP contribution is -2.25. The Bertz CT molecular complexity index is 880. The fourth-order valence-electron chi connectivity index (χ4n) is 2.54. The van der Waals surface area contributed by atoms with Crippen molar-refractivity contribution in [2.45, 2.75) is 0 Å². The number of carbonyl (C=O) groups excluding carboxylic acids is 1. The number of rotatable bonds is 7. The molecule has 0 saturated carbocycles. The van der Waals surface area contributed by atoms with Crippen molar-refractivity contribution in [1.82, 2.24) is 4.98 Å². The number of aromatic nitrogens is 1. The average Bonchev–Trinajstić information content (AvgIpc) is 3.06. The van der Waals surface area contributed by atoms with Crippen molar-refractivity contribution >= 4 is 52.2 Å². The van der Waals surface area contributed by atoms with Crippen LogP contribution in [0, 0.1) is 10.1 Å². The number of nitro groups is 1. The number of hydrogen-bond acceptors (Lipinski definition) is 7. The predicted octanol–water partition coefficient (Wildman–Crippen LogP) is 3.78. The SMILES string of the molecule is O=C1OCCN1c1cc([N+](=O)[O-])ccc1NCCNc1ncc(Cl)cc1Cl. The van der Waals surface area contributed by atoms with E-state index in [9.17, 15) is 14.9 Å². The summed E-state index contributed by atoms with van der Waals surface area (Å²) in [6, 6.07) is 5.87. The Morgan fingerprint density at radius 3 is 2.70 bits per heavy atom. The molecular formula is C16H15Cl2N5O4. The fourth-order valence-corrected chi connectivity index (χ4v) is 2.99. The maximum absolute atomic E-state index is 11.8. The van der Waals surface area contributed by atoms with Crippen LogP contribution in [-0.2, 0) is 4.74 Å². The number of benzene rings is 1. The minimum atomic E-state index is -0.534. The quantitative estimate of drug-likeness (QED) is 0.405. The normalized spacial score (nSPS) is 13.4. The van der Waals surface area contributed by atoms with Gasteiger partial charge in [-0.25, -0.2) is 9.78 Å². The van der Waals surface area contributed by atoms with Gasteiger partial charge in [0.05, 0.1) is 32.9 Å². The van der Waals surface area contributed by atoms with Crippen LogP contribution in [-0.4, -0.2) is 42.2 Å². The first kappa shape index (κ1) is 19.0.